The number of hydrogen-bond acceptors (Lipinski definition) is 3. The third kappa shape index (κ3) is 2.80. The number of anilines is 1. The molecule has 2 heterocycles. The SMILES string of the molecule is Cc1ccnc(NCc2ccc(C)s2)c1. The van der Waals surface area contributed by atoms with Gasteiger partial charge in [-0.1, -0.05) is 0 Å². The minimum absolute atomic E-state index is 0.856. The van der Waals surface area contributed by atoms with Gasteiger partial charge in [-0.2, -0.15) is 0 Å². The van der Waals surface area contributed by atoms with Crippen molar-refractivity contribution in [3.63, 3.8) is 0 Å². The van der Waals surface area contributed by atoms with Crippen LogP contribution in [-0.4, -0.2) is 4.98 Å². The summed E-state index contributed by atoms with van der Waals surface area (Å²) in [6.45, 7) is 5.05. The molecule has 0 amide bonds. The van der Waals surface area contributed by atoms with E-state index in [9.17, 15) is 0 Å². The van der Waals surface area contributed by atoms with Gasteiger partial charge in [0.25, 0.3) is 0 Å². The minimum Gasteiger partial charge on any atom is -0.365 e. The Kier molecular flexibility index (Phi) is 3.02. The summed E-state index contributed by atoms with van der Waals surface area (Å²) >= 11 is 1.82. The quantitative estimate of drug-likeness (QED) is 0.854. The molecule has 0 aliphatic rings. The van der Waals surface area contributed by atoms with E-state index in [0.29, 0.717) is 0 Å². The molecule has 2 aromatic heterocycles. The zero-order chi connectivity index (χ0) is 10.7. The topological polar surface area (TPSA) is 24.9 Å². The average molecular weight is 218 g/mol. The zero-order valence-electron chi connectivity index (χ0n) is 8.95. The Bertz CT molecular complexity index is 448. The summed E-state index contributed by atoms with van der Waals surface area (Å²) < 4.78 is 0. The monoisotopic (exact) mass is 218 g/mol. The van der Waals surface area contributed by atoms with Gasteiger partial charge in [-0.25, -0.2) is 4.98 Å². The molecule has 0 aliphatic carbocycles. The summed E-state index contributed by atoms with van der Waals surface area (Å²) in [5, 5.41) is 3.31. The van der Waals surface area contributed by atoms with Crippen molar-refractivity contribution >= 4 is 17.2 Å². The van der Waals surface area contributed by atoms with Crippen molar-refractivity contribution < 1.29 is 0 Å². The predicted octanol–water partition coefficient (Wildman–Crippen LogP) is 3.37. The molecule has 0 bridgehead atoms. The third-order valence-electron chi connectivity index (χ3n) is 2.16. The Morgan fingerprint density at radius 2 is 2.13 bits per heavy atom. The van der Waals surface area contributed by atoms with Crippen molar-refractivity contribution in [2.45, 2.75) is 20.4 Å². The molecule has 1 N–H and O–H groups in total. The molecule has 2 aromatic rings. The average Bonchev–Trinajstić information content (AvgIpc) is 2.62. The lowest BCUT2D eigenvalue weighted by molar-refractivity contribution is 1.13. The maximum Gasteiger partial charge on any atom is 0.126 e. The van der Waals surface area contributed by atoms with Crippen molar-refractivity contribution in [2.75, 3.05) is 5.32 Å². The predicted molar refractivity (Wildman–Crippen MR) is 65.4 cm³/mol. The van der Waals surface area contributed by atoms with Gasteiger partial charge in [-0.05, 0) is 43.7 Å². The van der Waals surface area contributed by atoms with Crippen LogP contribution < -0.4 is 5.32 Å². The van der Waals surface area contributed by atoms with E-state index in [4.69, 9.17) is 0 Å². The van der Waals surface area contributed by atoms with Gasteiger partial charge in [-0.15, -0.1) is 11.3 Å². The fraction of sp³-hybridized carbons (Fsp3) is 0.250. The Labute approximate surface area is 94.0 Å². The summed E-state index contributed by atoms with van der Waals surface area (Å²) in [6, 6.07) is 8.36. The Balaban J connectivity index is 1.99. The van der Waals surface area contributed by atoms with Gasteiger partial charge >= 0.3 is 0 Å². The van der Waals surface area contributed by atoms with Gasteiger partial charge in [0.15, 0.2) is 0 Å². The summed E-state index contributed by atoms with van der Waals surface area (Å²) in [7, 11) is 0. The molecule has 78 valence electrons. The molecule has 0 spiro atoms. The van der Waals surface area contributed by atoms with Crippen LogP contribution in [0.1, 0.15) is 15.3 Å². The molecule has 0 radical (unpaired) electrons. The smallest absolute Gasteiger partial charge is 0.126 e. The zero-order valence-corrected chi connectivity index (χ0v) is 9.77. The molecule has 0 unspecified atom stereocenters. The molecule has 0 saturated carbocycles. The van der Waals surface area contributed by atoms with Crippen LogP contribution >= 0.6 is 11.3 Å². The molecule has 0 aromatic carbocycles. The second-order valence-electron chi connectivity index (χ2n) is 3.58. The number of aromatic nitrogens is 1. The van der Waals surface area contributed by atoms with Gasteiger partial charge in [0.1, 0.15) is 5.82 Å². The maximum atomic E-state index is 4.25. The number of pyridine rings is 1. The summed E-state index contributed by atoms with van der Waals surface area (Å²) in [5.41, 5.74) is 1.23. The van der Waals surface area contributed by atoms with Crippen molar-refractivity contribution in [2.24, 2.45) is 0 Å². The van der Waals surface area contributed by atoms with E-state index in [2.05, 4.69) is 42.3 Å². The van der Waals surface area contributed by atoms with E-state index < -0.39 is 0 Å². The largest absolute Gasteiger partial charge is 0.365 e. The molecule has 0 aliphatic heterocycles. The van der Waals surface area contributed by atoms with Crippen LogP contribution in [0, 0.1) is 13.8 Å². The summed E-state index contributed by atoms with van der Waals surface area (Å²) in [6.07, 6.45) is 1.83. The first-order chi connectivity index (χ1) is 7.24. The van der Waals surface area contributed by atoms with E-state index in [1.807, 2.05) is 23.6 Å². The van der Waals surface area contributed by atoms with Crippen molar-refractivity contribution in [3.8, 4) is 0 Å². The van der Waals surface area contributed by atoms with Crippen LogP contribution in [0.4, 0.5) is 5.82 Å². The first-order valence-electron chi connectivity index (χ1n) is 4.96. The minimum atomic E-state index is 0.856. The maximum absolute atomic E-state index is 4.25. The second-order valence-corrected chi connectivity index (χ2v) is 4.96. The van der Waals surface area contributed by atoms with Crippen molar-refractivity contribution in [1.29, 1.82) is 0 Å². The number of aryl methyl sites for hydroxylation is 2. The molecule has 15 heavy (non-hydrogen) atoms. The van der Waals surface area contributed by atoms with E-state index >= 15 is 0 Å². The van der Waals surface area contributed by atoms with Gasteiger partial charge in [0.05, 0.1) is 6.54 Å². The highest BCUT2D eigenvalue weighted by Crippen LogP contribution is 2.16. The van der Waals surface area contributed by atoms with E-state index in [-0.39, 0.29) is 0 Å². The number of thiophene rings is 1. The molecular formula is C12H14N2S. The van der Waals surface area contributed by atoms with Gasteiger partial charge in [-0.3, -0.25) is 0 Å². The molecule has 2 rings (SSSR count). The number of hydrogen-bond donors (Lipinski definition) is 1. The Morgan fingerprint density at radius 3 is 2.80 bits per heavy atom. The third-order valence-corrected chi connectivity index (χ3v) is 3.16. The highest BCUT2D eigenvalue weighted by molar-refractivity contribution is 7.11. The van der Waals surface area contributed by atoms with Crippen LogP contribution in [-0.2, 0) is 6.54 Å². The van der Waals surface area contributed by atoms with E-state index in [0.717, 1.165) is 12.4 Å². The van der Waals surface area contributed by atoms with Crippen LogP contribution in [0.3, 0.4) is 0 Å². The van der Waals surface area contributed by atoms with Crippen LogP contribution in [0.2, 0.25) is 0 Å². The lowest BCUT2D eigenvalue weighted by Crippen LogP contribution is -1.99. The van der Waals surface area contributed by atoms with Crippen molar-refractivity contribution in [1.82, 2.24) is 4.98 Å². The standard InChI is InChI=1S/C12H14N2S/c1-9-5-6-13-12(7-9)14-8-11-4-3-10(2)15-11/h3-7H,8H2,1-2H3,(H,13,14). The lowest BCUT2D eigenvalue weighted by Gasteiger charge is -2.03. The number of nitrogens with zero attached hydrogens (tertiary/aromatic N) is 1. The fourth-order valence-electron chi connectivity index (χ4n) is 1.39. The molecular weight excluding hydrogens is 204 g/mol. The summed E-state index contributed by atoms with van der Waals surface area (Å²) in [4.78, 5) is 6.95. The van der Waals surface area contributed by atoms with Crippen LogP contribution in [0.15, 0.2) is 30.5 Å². The van der Waals surface area contributed by atoms with E-state index in [1.165, 1.54) is 15.3 Å². The summed E-state index contributed by atoms with van der Waals surface area (Å²) in [5.74, 6) is 0.945. The normalized spacial score (nSPS) is 10.3. The first-order valence-corrected chi connectivity index (χ1v) is 5.77. The molecule has 0 fully saturated rings. The first kappa shape index (κ1) is 10.2. The Morgan fingerprint density at radius 1 is 1.27 bits per heavy atom. The van der Waals surface area contributed by atoms with Crippen molar-refractivity contribution in [3.05, 3.63) is 45.8 Å². The molecule has 3 heteroatoms. The van der Waals surface area contributed by atoms with Gasteiger partial charge in [0, 0.05) is 16.0 Å². The number of nitrogens with one attached hydrogen (secondary N) is 1. The molecule has 0 atom stereocenters. The highest BCUT2D eigenvalue weighted by atomic mass is 32.1. The molecule has 2 nitrogen and oxygen atoms in total. The Hall–Kier alpha value is -1.35. The van der Waals surface area contributed by atoms with Crippen LogP contribution in [0.5, 0.6) is 0 Å². The van der Waals surface area contributed by atoms with Gasteiger partial charge in [0.2, 0.25) is 0 Å². The van der Waals surface area contributed by atoms with Gasteiger partial charge < -0.3 is 5.32 Å². The number of rotatable bonds is 3. The van der Waals surface area contributed by atoms with Crippen LogP contribution in [0.25, 0.3) is 0 Å². The van der Waals surface area contributed by atoms with E-state index in [1.54, 1.807) is 0 Å². The fourth-order valence-corrected chi connectivity index (χ4v) is 2.22. The second kappa shape index (κ2) is 4.45. The lowest BCUT2D eigenvalue weighted by atomic mass is 10.3. The highest BCUT2D eigenvalue weighted by Gasteiger charge is 1.97. The molecule has 0 saturated heterocycles.